The van der Waals surface area contributed by atoms with Crippen LogP contribution in [-0.2, 0) is 15.0 Å². The van der Waals surface area contributed by atoms with Crippen LogP contribution in [0.4, 0.5) is 4.39 Å². The van der Waals surface area contributed by atoms with Gasteiger partial charge in [0, 0.05) is 13.1 Å². The van der Waals surface area contributed by atoms with Crippen molar-refractivity contribution in [3.05, 3.63) is 35.6 Å². The number of piperidine rings is 1. The molecule has 2 aliphatic rings. The van der Waals surface area contributed by atoms with E-state index in [-0.39, 0.29) is 23.6 Å². The number of rotatable bonds is 3. The van der Waals surface area contributed by atoms with Gasteiger partial charge >= 0.3 is 5.97 Å². The van der Waals surface area contributed by atoms with Crippen molar-refractivity contribution in [2.24, 2.45) is 11.8 Å². The minimum Gasteiger partial charge on any atom is -0.481 e. The number of carboxylic acid groups (broad SMARTS) is 1. The normalized spacial score (nSPS) is 26.2. The van der Waals surface area contributed by atoms with Gasteiger partial charge in [-0.3, -0.25) is 9.59 Å². The summed E-state index contributed by atoms with van der Waals surface area (Å²) in [5.74, 6) is -1.50. The molecular weight excluding hydrogens is 321 g/mol. The number of carbonyl (C=O) groups is 2. The number of hydrogen-bond acceptors (Lipinski definition) is 2. The average molecular weight is 347 g/mol. The van der Waals surface area contributed by atoms with Gasteiger partial charge in [0.1, 0.15) is 5.82 Å². The quantitative estimate of drug-likeness (QED) is 0.909. The molecule has 1 saturated heterocycles. The van der Waals surface area contributed by atoms with Gasteiger partial charge in [-0.1, -0.05) is 38.3 Å². The molecule has 1 aliphatic carbocycles. The summed E-state index contributed by atoms with van der Waals surface area (Å²) in [6.45, 7) is 2.83. The van der Waals surface area contributed by atoms with Crippen molar-refractivity contribution in [3.63, 3.8) is 0 Å². The summed E-state index contributed by atoms with van der Waals surface area (Å²) in [5, 5.41) is 9.30. The highest BCUT2D eigenvalue weighted by atomic mass is 19.1. The molecule has 1 N–H and O–H groups in total. The smallest absolute Gasteiger partial charge is 0.306 e. The SMILES string of the molecule is CC1CN(C(=O)C2(c3cccc(F)c3)CCCCC2)CCC1C(=O)O. The third-order valence-electron chi connectivity index (χ3n) is 6.00. The van der Waals surface area contributed by atoms with Crippen LogP contribution in [0.25, 0.3) is 0 Å². The number of halogens is 1. The first-order valence-electron chi connectivity index (χ1n) is 9.22. The minimum atomic E-state index is -0.780. The first-order chi connectivity index (χ1) is 11.9. The lowest BCUT2D eigenvalue weighted by Crippen LogP contribution is -2.53. The second-order valence-corrected chi connectivity index (χ2v) is 7.61. The van der Waals surface area contributed by atoms with Crippen molar-refractivity contribution in [2.45, 2.75) is 50.9 Å². The molecule has 5 heteroatoms. The van der Waals surface area contributed by atoms with E-state index in [1.54, 1.807) is 6.07 Å². The number of aliphatic carboxylic acids is 1. The molecule has 1 amide bonds. The number of amides is 1. The second kappa shape index (κ2) is 7.14. The molecular formula is C20H26FNO3. The third-order valence-corrected chi connectivity index (χ3v) is 6.00. The van der Waals surface area contributed by atoms with E-state index in [1.807, 2.05) is 17.9 Å². The summed E-state index contributed by atoms with van der Waals surface area (Å²) >= 11 is 0. The van der Waals surface area contributed by atoms with Crippen LogP contribution in [0, 0.1) is 17.7 Å². The Labute approximate surface area is 148 Å². The molecule has 0 aromatic heterocycles. The summed E-state index contributed by atoms with van der Waals surface area (Å²) in [6.07, 6.45) is 4.99. The molecule has 1 aliphatic heterocycles. The highest BCUT2D eigenvalue weighted by Gasteiger charge is 2.45. The topological polar surface area (TPSA) is 57.6 Å². The third kappa shape index (κ3) is 3.42. The fourth-order valence-electron chi connectivity index (χ4n) is 4.57. The molecule has 1 saturated carbocycles. The Bertz CT molecular complexity index is 654. The lowest BCUT2D eigenvalue weighted by atomic mass is 9.68. The van der Waals surface area contributed by atoms with Crippen LogP contribution in [0.5, 0.6) is 0 Å². The first kappa shape index (κ1) is 17.9. The van der Waals surface area contributed by atoms with E-state index in [4.69, 9.17) is 0 Å². The van der Waals surface area contributed by atoms with Gasteiger partial charge in [-0.05, 0) is 42.9 Å². The maximum Gasteiger partial charge on any atom is 0.306 e. The summed E-state index contributed by atoms with van der Waals surface area (Å²) in [7, 11) is 0. The molecule has 25 heavy (non-hydrogen) atoms. The Morgan fingerprint density at radius 2 is 1.96 bits per heavy atom. The molecule has 1 heterocycles. The highest BCUT2D eigenvalue weighted by Crippen LogP contribution is 2.42. The average Bonchev–Trinajstić information content (AvgIpc) is 2.61. The van der Waals surface area contributed by atoms with Crippen molar-refractivity contribution in [1.82, 2.24) is 4.90 Å². The largest absolute Gasteiger partial charge is 0.481 e. The standard InChI is InChI=1S/C20H26FNO3/c1-14-13-22(11-8-17(14)18(23)24)19(25)20(9-3-2-4-10-20)15-6-5-7-16(21)12-15/h5-7,12,14,17H,2-4,8-11,13H2,1H3,(H,23,24). The summed E-state index contributed by atoms with van der Waals surface area (Å²) in [4.78, 5) is 26.6. The Hall–Kier alpha value is -1.91. The fourth-order valence-corrected chi connectivity index (χ4v) is 4.57. The van der Waals surface area contributed by atoms with Crippen LogP contribution < -0.4 is 0 Å². The minimum absolute atomic E-state index is 0.0495. The zero-order valence-electron chi connectivity index (χ0n) is 14.7. The van der Waals surface area contributed by atoms with Gasteiger partial charge in [-0.25, -0.2) is 4.39 Å². The van der Waals surface area contributed by atoms with Crippen LogP contribution in [0.1, 0.15) is 51.0 Å². The maximum atomic E-state index is 13.8. The molecule has 2 unspecified atom stereocenters. The van der Waals surface area contributed by atoms with Gasteiger partial charge in [0.25, 0.3) is 0 Å². The van der Waals surface area contributed by atoms with Gasteiger partial charge < -0.3 is 10.0 Å². The van der Waals surface area contributed by atoms with E-state index in [0.29, 0.717) is 19.5 Å². The van der Waals surface area contributed by atoms with E-state index in [9.17, 15) is 19.1 Å². The number of carbonyl (C=O) groups excluding carboxylic acids is 1. The van der Waals surface area contributed by atoms with Gasteiger partial charge in [0.2, 0.25) is 5.91 Å². The second-order valence-electron chi connectivity index (χ2n) is 7.61. The van der Waals surface area contributed by atoms with Crippen molar-refractivity contribution >= 4 is 11.9 Å². The Balaban J connectivity index is 1.87. The Morgan fingerprint density at radius 1 is 1.24 bits per heavy atom. The van der Waals surface area contributed by atoms with Gasteiger partial charge in [0.15, 0.2) is 0 Å². The van der Waals surface area contributed by atoms with Crippen molar-refractivity contribution in [2.75, 3.05) is 13.1 Å². The van der Waals surface area contributed by atoms with Gasteiger partial charge in [-0.2, -0.15) is 0 Å². The van der Waals surface area contributed by atoms with E-state index in [0.717, 1.165) is 37.7 Å². The maximum absolute atomic E-state index is 13.8. The summed E-state index contributed by atoms with van der Waals surface area (Å²) < 4.78 is 13.8. The van der Waals surface area contributed by atoms with Crippen molar-refractivity contribution in [3.8, 4) is 0 Å². The predicted octanol–water partition coefficient (Wildman–Crippen LogP) is 3.60. The molecule has 2 fully saturated rings. The monoisotopic (exact) mass is 347 g/mol. The Morgan fingerprint density at radius 3 is 2.56 bits per heavy atom. The lowest BCUT2D eigenvalue weighted by Gasteiger charge is -2.43. The molecule has 2 atom stereocenters. The van der Waals surface area contributed by atoms with Crippen LogP contribution in [0.3, 0.4) is 0 Å². The summed E-state index contributed by atoms with van der Waals surface area (Å²) in [6, 6.07) is 6.44. The number of likely N-dealkylation sites (tertiary alicyclic amines) is 1. The van der Waals surface area contributed by atoms with Crippen LogP contribution in [0.15, 0.2) is 24.3 Å². The zero-order valence-corrected chi connectivity index (χ0v) is 14.7. The van der Waals surface area contributed by atoms with Crippen LogP contribution >= 0.6 is 0 Å². The molecule has 0 spiro atoms. The van der Waals surface area contributed by atoms with Gasteiger partial charge in [-0.15, -0.1) is 0 Å². The molecule has 1 aromatic rings. The molecule has 1 aromatic carbocycles. The molecule has 136 valence electrons. The van der Waals surface area contributed by atoms with E-state index < -0.39 is 11.4 Å². The zero-order chi connectivity index (χ0) is 18.0. The fraction of sp³-hybridized carbons (Fsp3) is 0.600. The Kier molecular flexibility index (Phi) is 5.11. The molecule has 0 bridgehead atoms. The number of hydrogen-bond donors (Lipinski definition) is 1. The highest BCUT2D eigenvalue weighted by molar-refractivity contribution is 5.88. The van der Waals surface area contributed by atoms with E-state index >= 15 is 0 Å². The number of carboxylic acids is 1. The first-order valence-corrected chi connectivity index (χ1v) is 9.22. The summed E-state index contributed by atoms with van der Waals surface area (Å²) in [5.41, 5.74) is 0.112. The molecule has 0 radical (unpaired) electrons. The van der Waals surface area contributed by atoms with Crippen LogP contribution in [0.2, 0.25) is 0 Å². The lowest BCUT2D eigenvalue weighted by molar-refractivity contribution is -0.150. The number of benzene rings is 1. The molecule has 4 nitrogen and oxygen atoms in total. The molecule has 3 rings (SSSR count). The van der Waals surface area contributed by atoms with E-state index in [1.165, 1.54) is 12.1 Å². The van der Waals surface area contributed by atoms with Gasteiger partial charge in [0.05, 0.1) is 11.3 Å². The van der Waals surface area contributed by atoms with Crippen molar-refractivity contribution in [1.29, 1.82) is 0 Å². The predicted molar refractivity (Wildman–Crippen MR) is 92.6 cm³/mol. The van der Waals surface area contributed by atoms with Crippen molar-refractivity contribution < 1.29 is 19.1 Å². The van der Waals surface area contributed by atoms with Crippen LogP contribution in [-0.4, -0.2) is 35.0 Å². The number of nitrogens with zero attached hydrogens (tertiary/aromatic N) is 1. The van der Waals surface area contributed by atoms with E-state index in [2.05, 4.69) is 0 Å².